The van der Waals surface area contributed by atoms with E-state index in [0.29, 0.717) is 16.8 Å². The molecule has 0 fully saturated rings. The van der Waals surface area contributed by atoms with E-state index in [0.717, 1.165) is 17.0 Å². The molecule has 0 N–H and O–H groups in total. The summed E-state index contributed by atoms with van der Waals surface area (Å²) in [5.74, 6) is 1.65. The van der Waals surface area contributed by atoms with Crippen LogP contribution in [-0.4, -0.2) is 4.98 Å². The smallest absolute Gasteiger partial charge is 0.219 e. The number of rotatable bonds is 3. The minimum absolute atomic E-state index is 0.356. The van der Waals surface area contributed by atoms with Crippen LogP contribution in [0.3, 0.4) is 0 Å². The zero-order valence-electron chi connectivity index (χ0n) is 9.28. The van der Waals surface area contributed by atoms with Gasteiger partial charge in [-0.2, -0.15) is 0 Å². The third-order valence-electron chi connectivity index (χ3n) is 2.35. The van der Waals surface area contributed by atoms with Crippen molar-refractivity contribution in [1.29, 1.82) is 0 Å². The van der Waals surface area contributed by atoms with Gasteiger partial charge in [0.1, 0.15) is 5.76 Å². The van der Waals surface area contributed by atoms with Crippen molar-refractivity contribution < 1.29 is 4.42 Å². The Bertz CT molecular complexity index is 546. The molecule has 0 aliphatic heterocycles. The first-order valence-corrected chi connectivity index (χ1v) is 6.07. The second-order valence-electron chi connectivity index (χ2n) is 3.54. The normalized spacial score (nSPS) is 11.2. The molecule has 17 heavy (non-hydrogen) atoms. The van der Waals surface area contributed by atoms with Crippen molar-refractivity contribution in [2.75, 3.05) is 0 Å². The lowest BCUT2D eigenvalue weighted by molar-refractivity contribution is 0.515. The van der Waals surface area contributed by atoms with E-state index in [-0.39, 0.29) is 0 Å². The Labute approximate surface area is 110 Å². The maximum atomic E-state index is 6.03. The Kier molecular flexibility index (Phi) is 3.87. The lowest BCUT2D eigenvalue weighted by Gasteiger charge is -1.94. The molecule has 2 aromatic rings. The number of hydrogen-bond acceptors (Lipinski definition) is 2. The van der Waals surface area contributed by atoms with Crippen LogP contribution >= 0.6 is 23.2 Å². The Morgan fingerprint density at radius 3 is 2.71 bits per heavy atom. The molecule has 1 aromatic carbocycles. The van der Waals surface area contributed by atoms with Crippen LogP contribution in [-0.2, 0) is 5.88 Å². The van der Waals surface area contributed by atoms with E-state index >= 15 is 0 Å². The van der Waals surface area contributed by atoms with E-state index in [9.17, 15) is 0 Å². The second kappa shape index (κ2) is 5.39. The van der Waals surface area contributed by atoms with Crippen molar-refractivity contribution in [2.45, 2.75) is 12.8 Å². The van der Waals surface area contributed by atoms with E-state index in [1.54, 1.807) is 6.08 Å². The quantitative estimate of drug-likeness (QED) is 0.763. The summed E-state index contributed by atoms with van der Waals surface area (Å²) in [6, 6.07) is 7.58. The van der Waals surface area contributed by atoms with E-state index in [2.05, 4.69) is 4.98 Å². The first-order valence-electron chi connectivity index (χ1n) is 5.15. The van der Waals surface area contributed by atoms with Crippen LogP contribution in [0.15, 0.2) is 28.7 Å². The number of benzene rings is 1. The van der Waals surface area contributed by atoms with Crippen molar-refractivity contribution in [3.8, 4) is 0 Å². The predicted molar refractivity (Wildman–Crippen MR) is 71.2 cm³/mol. The van der Waals surface area contributed by atoms with Crippen molar-refractivity contribution in [2.24, 2.45) is 0 Å². The summed E-state index contributed by atoms with van der Waals surface area (Å²) < 4.78 is 5.44. The molecule has 1 heterocycles. The lowest BCUT2D eigenvalue weighted by atomic mass is 10.2. The molecule has 2 nitrogen and oxygen atoms in total. The summed E-state index contributed by atoms with van der Waals surface area (Å²) >= 11 is 11.8. The standard InChI is InChI=1S/C13H11Cl2NO/c1-9-12(8-14)16-13(17-9)7-6-10-4-2-3-5-11(10)15/h2-7H,8H2,1H3/b7-6+. The van der Waals surface area contributed by atoms with Crippen LogP contribution in [0, 0.1) is 6.92 Å². The van der Waals surface area contributed by atoms with Crippen LogP contribution in [0.1, 0.15) is 22.9 Å². The number of alkyl halides is 1. The highest BCUT2D eigenvalue weighted by atomic mass is 35.5. The van der Waals surface area contributed by atoms with Gasteiger partial charge in [-0.05, 0) is 24.6 Å². The Hall–Kier alpha value is -1.25. The van der Waals surface area contributed by atoms with Gasteiger partial charge < -0.3 is 4.42 Å². The molecule has 1 aromatic heterocycles. The third-order valence-corrected chi connectivity index (χ3v) is 2.94. The maximum absolute atomic E-state index is 6.03. The highest BCUT2D eigenvalue weighted by molar-refractivity contribution is 6.32. The topological polar surface area (TPSA) is 26.0 Å². The Morgan fingerprint density at radius 1 is 1.29 bits per heavy atom. The molecule has 0 spiro atoms. The molecule has 0 aliphatic carbocycles. The molecule has 4 heteroatoms. The van der Waals surface area contributed by atoms with Crippen LogP contribution in [0.2, 0.25) is 5.02 Å². The molecule has 2 rings (SSSR count). The monoisotopic (exact) mass is 267 g/mol. The summed E-state index contributed by atoms with van der Waals surface area (Å²) in [4.78, 5) is 4.24. The Balaban J connectivity index is 2.23. The lowest BCUT2D eigenvalue weighted by Crippen LogP contribution is -1.79. The minimum Gasteiger partial charge on any atom is -0.442 e. The number of aryl methyl sites for hydroxylation is 1. The molecule has 0 saturated carbocycles. The first-order chi connectivity index (χ1) is 8.20. The van der Waals surface area contributed by atoms with Crippen molar-refractivity contribution >= 4 is 35.4 Å². The van der Waals surface area contributed by atoms with Crippen LogP contribution in [0.5, 0.6) is 0 Å². The average molecular weight is 268 g/mol. The van der Waals surface area contributed by atoms with Crippen molar-refractivity contribution in [1.82, 2.24) is 4.98 Å². The first kappa shape index (κ1) is 12.2. The van der Waals surface area contributed by atoms with E-state index in [1.807, 2.05) is 37.3 Å². The van der Waals surface area contributed by atoms with Gasteiger partial charge in [0.25, 0.3) is 0 Å². The number of oxazole rings is 1. The summed E-state index contributed by atoms with van der Waals surface area (Å²) in [6.07, 6.45) is 3.65. The van der Waals surface area contributed by atoms with Crippen LogP contribution < -0.4 is 0 Å². The van der Waals surface area contributed by atoms with Gasteiger partial charge in [0.2, 0.25) is 5.89 Å². The number of nitrogens with zero attached hydrogens (tertiary/aromatic N) is 1. The van der Waals surface area contributed by atoms with Gasteiger partial charge in [0, 0.05) is 11.1 Å². The predicted octanol–water partition coefficient (Wildman–Crippen LogP) is 4.55. The van der Waals surface area contributed by atoms with Crippen LogP contribution in [0.25, 0.3) is 12.2 Å². The number of aromatic nitrogens is 1. The molecule has 88 valence electrons. The molecule has 0 amide bonds. The van der Waals surface area contributed by atoms with Gasteiger partial charge in [0.15, 0.2) is 0 Å². The summed E-state index contributed by atoms with van der Waals surface area (Å²) in [5.41, 5.74) is 1.70. The molecule has 0 bridgehead atoms. The maximum Gasteiger partial charge on any atom is 0.219 e. The van der Waals surface area contributed by atoms with E-state index in [1.165, 1.54) is 0 Å². The highest BCUT2D eigenvalue weighted by Gasteiger charge is 2.05. The van der Waals surface area contributed by atoms with Gasteiger partial charge in [-0.1, -0.05) is 29.8 Å². The number of hydrogen-bond donors (Lipinski definition) is 0. The zero-order valence-corrected chi connectivity index (χ0v) is 10.8. The van der Waals surface area contributed by atoms with Gasteiger partial charge in [-0.25, -0.2) is 4.98 Å². The molecule has 0 radical (unpaired) electrons. The van der Waals surface area contributed by atoms with Gasteiger partial charge in [-0.3, -0.25) is 0 Å². The highest BCUT2D eigenvalue weighted by Crippen LogP contribution is 2.19. The summed E-state index contributed by atoms with van der Waals surface area (Å²) in [7, 11) is 0. The van der Waals surface area contributed by atoms with Crippen molar-refractivity contribution in [3.05, 3.63) is 52.2 Å². The molecule has 0 saturated heterocycles. The van der Waals surface area contributed by atoms with Gasteiger partial charge in [0.05, 0.1) is 11.6 Å². The number of halogens is 2. The fraction of sp³-hybridized carbons (Fsp3) is 0.154. The average Bonchev–Trinajstić information content (AvgIpc) is 2.69. The van der Waals surface area contributed by atoms with E-state index in [4.69, 9.17) is 27.6 Å². The SMILES string of the molecule is Cc1oc(/C=C/c2ccccc2Cl)nc1CCl. The Morgan fingerprint density at radius 2 is 2.06 bits per heavy atom. The summed E-state index contributed by atoms with van der Waals surface area (Å²) in [5, 5.41) is 0.699. The third kappa shape index (κ3) is 2.90. The van der Waals surface area contributed by atoms with Crippen molar-refractivity contribution in [3.63, 3.8) is 0 Å². The molecular weight excluding hydrogens is 257 g/mol. The molecule has 0 atom stereocenters. The fourth-order valence-corrected chi connectivity index (χ4v) is 1.86. The summed E-state index contributed by atoms with van der Waals surface area (Å²) in [6.45, 7) is 1.84. The molecule has 0 unspecified atom stereocenters. The van der Waals surface area contributed by atoms with Crippen LogP contribution in [0.4, 0.5) is 0 Å². The molecule has 0 aliphatic rings. The largest absolute Gasteiger partial charge is 0.442 e. The van der Waals surface area contributed by atoms with E-state index < -0.39 is 0 Å². The second-order valence-corrected chi connectivity index (χ2v) is 4.22. The minimum atomic E-state index is 0.356. The van der Waals surface area contributed by atoms with Gasteiger partial charge in [-0.15, -0.1) is 11.6 Å². The fourth-order valence-electron chi connectivity index (χ4n) is 1.42. The molecular formula is C13H11Cl2NO. The zero-order chi connectivity index (χ0) is 12.3. The van der Waals surface area contributed by atoms with Gasteiger partial charge >= 0.3 is 0 Å².